The van der Waals surface area contributed by atoms with Crippen LogP contribution in [0.1, 0.15) is 25.6 Å². The van der Waals surface area contributed by atoms with E-state index >= 15 is 0 Å². The highest BCUT2D eigenvalue weighted by atomic mass is 32.1. The predicted octanol–water partition coefficient (Wildman–Crippen LogP) is 4.43. The van der Waals surface area contributed by atoms with E-state index in [9.17, 15) is 14.4 Å². The Kier molecular flexibility index (Phi) is 6.12. The number of hydrogen-bond donors (Lipinski definition) is 1. The molecule has 0 fully saturated rings. The van der Waals surface area contributed by atoms with Crippen LogP contribution in [0.25, 0.3) is 21.0 Å². The van der Waals surface area contributed by atoms with Gasteiger partial charge in [-0.15, -0.1) is 11.3 Å². The molecule has 3 aromatic heterocycles. The standard InChI is InChI=1S/C27H21N3O4S/c1-34-23-22-24(35-25(23)26(32)29-15-17-11-13-28-14-12-17)19-9-5-6-10-20(19)30(27(22)33)16-21(31)18-7-3-2-4-8-18/h2-14H,15-16H2,1H3,(H,29,32). The monoisotopic (exact) mass is 483 g/mol. The second kappa shape index (κ2) is 9.52. The molecular formula is C27H21N3O4S. The van der Waals surface area contributed by atoms with Crippen molar-refractivity contribution in [3.05, 3.63) is 105 Å². The van der Waals surface area contributed by atoms with E-state index < -0.39 is 0 Å². The highest BCUT2D eigenvalue weighted by Crippen LogP contribution is 2.39. The number of carbonyl (C=O) groups excluding carboxylic acids is 2. The maximum absolute atomic E-state index is 13.7. The van der Waals surface area contributed by atoms with Crippen LogP contribution in [0, 0.1) is 0 Å². The van der Waals surface area contributed by atoms with Gasteiger partial charge in [0.15, 0.2) is 11.5 Å². The van der Waals surface area contributed by atoms with Crippen LogP contribution in [-0.2, 0) is 13.1 Å². The first-order chi connectivity index (χ1) is 17.1. The number of amides is 1. The van der Waals surface area contributed by atoms with Crippen LogP contribution >= 0.6 is 11.3 Å². The van der Waals surface area contributed by atoms with Gasteiger partial charge in [-0.05, 0) is 23.8 Å². The molecule has 0 aliphatic rings. The number of ether oxygens (including phenoxy) is 1. The van der Waals surface area contributed by atoms with Crippen molar-refractivity contribution in [2.45, 2.75) is 13.1 Å². The molecule has 0 aliphatic carbocycles. The Labute approximate surface area is 204 Å². The van der Waals surface area contributed by atoms with Crippen molar-refractivity contribution in [3.63, 3.8) is 0 Å². The SMILES string of the molecule is COc1c(C(=O)NCc2ccncc2)sc2c1c(=O)n(CC(=O)c1ccccc1)c1ccccc21. The minimum atomic E-state index is -0.371. The zero-order valence-corrected chi connectivity index (χ0v) is 19.7. The summed E-state index contributed by atoms with van der Waals surface area (Å²) in [6, 6.07) is 19.9. The third kappa shape index (κ3) is 4.20. The lowest BCUT2D eigenvalue weighted by Crippen LogP contribution is -2.25. The second-order valence-corrected chi connectivity index (χ2v) is 8.92. The Morgan fingerprint density at radius 3 is 2.46 bits per heavy atom. The van der Waals surface area contributed by atoms with Crippen molar-refractivity contribution >= 4 is 44.0 Å². The number of carbonyl (C=O) groups is 2. The van der Waals surface area contributed by atoms with Gasteiger partial charge in [0, 0.05) is 29.9 Å². The zero-order valence-electron chi connectivity index (χ0n) is 18.9. The summed E-state index contributed by atoms with van der Waals surface area (Å²) in [4.78, 5) is 44.1. The first-order valence-electron chi connectivity index (χ1n) is 11.0. The zero-order chi connectivity index (χ0) is 24.4. The van der Waals surface area contributed by atoms with Gasteiger partial charge in [0.25, 0.3) is 11.5 Å². The lowest BCUT2D eigenvalue weighted by molar-refractivity contribution is 0.0949. The van der Waals surface area contributed by atoms with Gasteiger partial charge in [-0.1, -0.05) is 48.5 Å². The number of nitrogens with one attached hydrogen (secondary N) is 1. The summed E-state index contributed by atoms with van der Waals surface area (Å²) in [6.07, 6.45) is 3.32. The van der Waals surface area contributed by atoms with Crippen molar-refractivity contribution in [1.82, 2.24) is 14.9 Å². The number of fused-ring (bicyclic) bond motifs is 3. The van der Waals surface area contributed by atoms with Crippen LogP contribution in [0.5, 0.6) is 5.75 Å². The molecule has 1 N–H and O–H groups in total. The molecule has 0 unspecified atom stereocenters. The van der Waals surface area contributed by atoms with Crippen LogP contribution in [0.2, 0.25) is 0 Å². The Morgan fingerprint density at radius 2 is 1.71 bits per heavy atom. The fourth-order valence-electron chi connectivity index (χ4n) is 4.07. The van der Waals surface area contributed by atoms with Gasteiger partial charge >= 0.3 is 0 Å². The summed E-state index contributed by atoms with van der Waals surface area (Å²) >= 11 is 1.21. The van der Waals surface area contributed by atoms with E-state index in [0.29, 0.717) is 32.6 Å². The first-order valence-corrected chi connectivity index (χ1v) is 11.8. The molecule has 1 amide bonds. The summed E-state index contributed by atoms with van der Waals surface area (Å²) in [5, 5.41) is 3.96. The van der Waals surface area contributed by atoms with Gasteiger partial charge in [-0.3, -0.25) is 23.9 Å². The second-order valence-electron chi connectivity index (χ2n) is 7.90. The lowest BCUT2D eigenvalue weighted by atomic mass is 10.1. The number of ketones is 1. The third-order valence-electron chi connectivity index (χ3n) is 5.77. The van der Waals surface area contributed by atoms with Crippen molar-refractivity contribution in [2.75, 3.05) is 7.11 Å². The van der Waals surface area contributed by atoms with Crippen molar-refractivity contribution in [2.24, 2.45) is 0 Å². The molecule has 0 radical (unpaired) electrons. The summed E-state index contributed by atoms with van der Waals surface area (Å²) in [5.74, 6) is -0.300. The van der Waals surface area contributed by atoms with Gasteiger partial charge in [0.05, 0.1) is 23.9 Å². The molecule has 0 atom stereocenters. The van der Waals surface area contributed by atoms with E-state index in [1.165, 1.54) is 23.0 Å². The summed E-state index contributed by atoms with van der Waals surface area (Å²) < 4.78 is 7.70. The average molecular weight is 484 g/mol. The van der Waals surface area contributed by atoms with Crippen LogP contribution < -0.4 is 15.6 Å². The van der Waals surface area contributed by atoms with Gasteiger partial charge in [0.2, 0.25) is 0 Å². The van der Waals surface area contributed by atoms with Crippen LogP contribution in [0.15, 0.2) is 83.9 Å². The molecule has 0 spiro atoms. The van der Waals surface area contributed by atoms with E-state index in [1.54, 1.807) is 36.7 Å². The quantitative estimate of drug-likeness (QED) is 0.346. The van der Waals surface area contributed by atoms with Gasteiger partial charge < -0.3 is 10.1 Å². The molecule has 3 heterocycles. The molecule has 0 saturated carbocycles. The number of aromatic nitrogens is 2. The highest BCUT2D eigenvalue weighted by molar-refractivity contribution is 7.22. The van der Waals surface area contributed by atoms with E-state index in [0.717, 1.165) is 10.9 Å². The number of nitrogens with zero attached hydrogens (tertiary/aromatic N) is 2. The maximum atomic E-state index is 13.7. The Bertz CT molecular complexity index is 1610. The van der Waals surface area contributed by atoms with E-state index in [4.69, 9.17) is 4.74 Å². The summed E-state index contributed by atoms with van der Waals surface area (Å²) in [7, 11) is 1.44. The average Bonchev–Trinajstić information content (AvgIpc) is 3.31. The van der Waals surface area contributed by atoms with Crippen molar-refractivity contribution in [1.29, 1.82) is 0 Å². The highest BCUT2D eigenvalue weighted by Gasteiger charge is 2.25. The van der Waals surface area contributed by atoms with Crippen molar-refractivity contribution in [3.8, 4) is 5.75 Å². The van der Waals surface area contributed by atoms with Gasteiger partial charge in [-0.25, -0.2) is 0 Å². The third-order valence-corrected chi connectivity index (χ3v) is 6.98. The molecule has 174 valence electrons. The molecule has 2 aromatic carbocycles. The molecule has 5 rings (SSSR count). The molecule has 7 nitrogen and oxygen atoms in total. The normalized spacial score (nSPS) is 11.0. The topological polar surface area (TPSA) is 90.3 Å². The Balaban J connectivity index is 1.62. The number of para-hydroxylation sites is 1. The number of pyridine rings is 2. The molecule has 5 aromatic rings. The number of thiophene rings is 1. The summed E-state index contributed by atoms with van der Waals surface area (Å²) in [6.45, 7) is 0.192. The number of methoxy groups -OCH3 is 1. The maximum Gasteiger partial charge on any atom is 0.265 e. The van der Waals surface area contributed by atoms with Crippen LogP contribution in [0.4, 0.5) is 0 Å². The number of hydrogen-bond acceptors (Lipinski definition) is 6. The molecule has 0 bridgehead atoms. The molecular weight excluding hydrogens is 462 g/mol. The van der Waals surface area contributed by atoms with E-state index in [2.05, 4.69) is 10.3 Å². The molecule has 0 saturated heterocycles. The Morgan fingerprint density at radius 1 is 1.00 bits per heavy atom. The Hall–Kier alpha value is -4.30. The molecule has 8 heteroatoms. The lowest BCUT2D eigenvalue weighted by Gasteiger charge is -2.11. The van der Waals surface area contributed by atoms with Gasteiger partial charge in [0.1, 0.15) is 10.3 Å². The fraction of sp³-hybridized carbons (Fsp3) is 0.111. The van der Waals surface area contributed by atoms with Crippen molar-refractivity contribution < 1.29 is 14.3 Å². The number of Topliss-reactive ketones (excluding diaryl/α,β-unsaturated/α-hetero) is 1. The first kappa shape index (κ1) is 22.5. The van der Waals surface area contributed by atoms with Crippen LogP contribution in [-0.4, -0.2) is 28.4 Å². The minimum absolute atomic E-state index is 0.123. The van der Waals surface area contributed by atoms with E-state index in [-0.39, 0.29) is 29.5 Å². The van der Waals surface area contributed by atoms with Crippen LogP contribution in [0.3, 0.4) is 0 Å². The van der Waals surface area contributed by atoms with E-state index in [1.807, 2.05) is 42.5 Å². The fourth-order valence-corrected chi connectivity index (χ4v) is 5.28. The molecule has 0 aliphatic heterocycles. The minimum Gasteiger partial charge on any atom is -0.494 e. The molecule has 35 heavy (non-hydrogen) atoms. The summed E-state index contributed by atoms with van der Waals surface area (Å²) in [5.41, 5.74) is 1.68. The van der Waals surface area contributed by atoms with Gasteiger partial charge in [-0.2, -0.15) is 0 Å². The predicted molar refractivity (Wildman–Crippen MR) is 136 cm³/mol. The largest absolute Gasteiger partial charge is 0.494 e. The number of benzene rings is 2. The number of rotatable bonds is 7. The smallest absolute Gasteiger partial charge is 0.265 e.